The number of hydrogen-bond donors (Lipinski definition) is 1. The lowest BCUT2D eigenvalue weighted by Gasteiger charge is -2.34. The minimum absolute atomic E-state index is 0.0610. The van der Waals surface area contributed by atoms with Gasteiger partial charge in [-0.1, -0.05) is 77.8 Å². The van der Waals surface area contributed by atoms with E-state index in [1.807, 2.05) is 89.2 Å². The van der Waals surface area contributed by atoms with Crippen molar-refractivity contribution in [3.8, 4) is 0 Å². The molecule has 1 atom stereocenters. The van der Waals surface area contributed by atoms with E-state index in [1.165, 1.54) is 4.31 Å². The zero-order chi connectivity index (χ0) is 31.1. The highest BCUT2D eigenvalue weighted by molar-refractivity contribution is 7.92. The molecule has 0 aliphatic heterocycles. The summed E-state index contributed by atoms with van der Waals surface area (Å²) in [6, 6.07) is 21.9. The Morgan fingerprint density at radius 3 is 2.21 bits per heavy atom. The van der Waals surface area contributed by atoms with E-state index in [2.05, 4.69) is 5.32 Å². The van der Waals surface area contributed by atoms with Crippen LogP contribution in [0.4, 0.5) is 5.69 Å². The molecule has 0 spiro atoms. The number of carbonyl (C=O) groups is 2. The SMILES string of the molecule is Cc1cccc(CN(C(=O)CCCN(c2cc(Cl)ccc2C)S(C)(=O)=O)[C@@H](Cc2ccccc2)C(=O)NC(C)(C)C)c1. The van der Waals surface area contributed by atoms with Crippen molar-refractivity contribution >= 4 is 39.1 Å². The molecule has 0 saturated carbocycles. The van der Waals surface area contributed by atoms with Crippen molar-refractivity contribution in [1.29, 1.82) is 0 Å². The van der Waals surface area contributed by atoms with Gasteiger partial charge in [-0.15, -0.1) is 0 Å². The average Bonchev–Trinajstić information content (AvgIpc) is 2.89. The van der Waals surface area contributed by atoms with Gasteiger partial charge in [-0.2, -0.15) is 0 Å². The second-order valence-corrected chi connectivity index (χ2v) is 14.2. The number of anilines is 1. The molecule has 3 rings (SSSR count). The van der Waals surface area contributed by atoms with Crippen LogP contribution in [0.1, 0.15) is 55.9 Å². The van der Waals surface area contributed by atoms with Crippen LogP contribution in [-0.4, -0.2) is 49.5 Å². The molecule has 2 amide bonds. The monoisotopic (exact) mass is 611 g/mol. The van der Waals surface area contributed by atoms with E-state index in [0.29, 0.717) is 17.1 Å². The first kappa shape index (κ1) is 33.1. The quantitative estimate of drug-likeness (QED) is 0.270. The predicted molar refractivity (Wildman–Crippen MR) is 171 cm³/mol. The van der Waals surface area contributed by atoms with Gasteiger partial charge in [0.15, 0.2) is 0 Å². The Kier molecular flexibility index (Phi) is 11.2. The van der Waals surface area contributed by atoms with Crippen LogP contribution in [0.5, 0.6) is 0 Å². The number of aryl methyl sites for hydroxylation is 2. The molecule has 7 nitrogen and oxygen atoms in total. The molecule has 0 bridgehead atoms. The maximum atomic E-state index is 14.0. The molecule has 0 aliphatic rings. The van der Waals surface area contributed by atoms with Crippen LogP contribution in [-0.2, 0) is 32.6 Å². The van der Waals surface area contributed by atoms with E-state index in [0.717, 1.165) is 28.5 Å². The zero-order valence-electron chi connectivity index (χ0n) is 25.4. The van der Waals surface area contributed by atoms with E-state index in [4.69, 9.17) is 11.6 Å². The molecule has 9 heteroatoms. The van der Waals surface area contributed by atoms with Gasteiger partial charge >= 0.3 is 0 Å². The topological polar surface area (TPSA) is 86.8 Å². The molecule has 0 heterocycles. The fourth-order valence-corrected chi connectivity index (χ4v) is 6.03. The first-order valence-electron chi connectivity index (χ1n) is 14.1. The standard InChI is InChI=1S/C33H42ClN3O4S/c1-24-12-10-15-27(20-24)23-36(30(32(39)35-33(3,4)5)21-26-13-8-7-9-14-26)31(38)16-11-19-37(42(6,40)41)29-22-28(34)18-17-25(29)2/h7-10,12-15,17-18,20,22,30H,11,16,19,21,23H2,1-6H3,(H,35,39)/t30-/m0/s1. The van der Waals surface area contributed by atoms with Crippen molar-refractivity contribution < 1.29 is 18.0 Å². The van der Waals surface area contributed by atoms with Crippen molar-refractivity contribution in [2.75, 3.05) is 17.1 Å². The van der Waals surface area contributed by atoms with Gasteiger partial charge in [-0.05, 0) is 69.9 Å². The zero-order valence-corrected chi connectivity index (χ0v) is 26.9. The molecule has 226 valence electrons. The minimum Gasteiger partial charge on any atom is -0.350 e. The number of amides is 2. The summed E-state index contributed by atoms with van der Waals surface area (Å²) < 4.78 is 26.8. The van der Waals surface area contributed by atoms with Crippen LogP contribution in [0.2, 0.25) is 5.02 Å². The maximum absolute atomic E-state index is 14.0. The van der Waals surface area contributed by atoms with E-state index >= 15 is 0 Å². The fraction of sp³-hybridized carbons (Fsp3) is 0.394. The third-order valence-electron chi connectivity index (χ3n) is 6.80. The summed E-state index contributed by atoms with van der Waals surface area (Å²) in [7, 11) is -3.63. The Morgan fingerprint density at radius 2 is 1.60 bits per heavy atom. The number of nitrogens with zero attached hydrogens (tertiary/aromatic N) is 2. The van der Waals surface area contributed by atoms with Crippen molar-refractivity contribution in [2.24, 2.45) is 0 Å². The van der Waals surface area contributed by atoms with Crippen LogP contribution in [0.3, 0.4) is 0 Å². The summed E-state index contributed by atoms with van der Waals surface area (Å²) in [5, 5.41) is 3.50. The number of rotatable bonds is 12. The van der Waals surface area contributed by atoms with Crippen LogP contribution in [0.25, 0.3) is 0 Å². The van der Waals surface area contributed by atoms with E-state index in [-0.39, 0.29) is 37.7 Å². The van der Waals surface area contributed by atoms with Crippen molar-refractivity contribution in [1.82, 2.24) is 10.2 Å². The Hall–Kier alpha value is -3.36. The summed E-state index contributed by atoms with van der Waals surface area (Å²) >= 11 is 6.18. The molecule has 0 unspecified atom stereocenters. The molecule has 3 aromatic carbocycles. The molecule has 0 aromatic heterocycles. The van der Waals surface area contributed by atoms with Crippen molar-refractivity contribution in [3.63, 3.8) is 0 Å². The number of carbonyl (C=O) groups excluding carboxylic acids is 2. The smallest absolute Gasteiger partial charge is 0.243 e. The van der Waals surface area contributed by atoms with E-state index in [1.54, 1.807) is 23.1 Å². The average molecular weight is 612 g/mol. The van der Waals surface area contributed by atoms with E-state index < -0.39 is 21.6 Å². The summed E-state index contributed by atoms with van der Waals surface area (Å²) in [6.07, 6.45) is 1.82. The van der Waals surface area contributed by atoms with Gasteiger partial charge in [0.2, 0.25) is 21.8 Å². The summed E-state index contributed by atoms with van der Waals surface area (Å²) in [4.78, 5) is 29.3. The Morgan fingerprint density at radius 1 is 0.929 bits per heavy atom. The first-order valence-corrected chi connectivity index (χ1v) is 16.3. The lowest BCUT2D eigenvalue weighted by molar-refractivity contribution is -0.142. The van der Waals surface area contributed by atoms with Gasteiger partial charge in [0, 0.05) is 36.5 Å². The second-order valence-electron chi connectivity index (χ2n) is 11.8. The highest BCUT2D eigenvalue weighted by Gasteiger charge is 2.32. The maximum Gasteiger partial charge on any atom is 0.243 e. The lowest BCUT2D eigenvalue weighted by atomic mass is 10.00. The van der Waals surface area contributed by atoms with Crippen LogP contribution in [0.15, 0.2) is 72.8 Å². The second kappa shape index (κ2) is 14.2. The van der Waals surface area contributed by atoms with E-state index in [9.17, 15) is 18.0 Å². The third kappa shape index (κ3) is 9.88. The molecule has 0 fully saturated rings. The van der Waals surface area contributed by atoms with Gasteiger partial charge in [0.05, 0.1) is 11.9 Å². The molecule has 42 heavy (non-hydrogen) atoms. The molecular weight excluding hydrogens is 570 g/mol. The minimum atomic E-state index is -3.63. The largest absolute Gasteiger partial charge is 0.350 e. The molecular formula is C33H42ClN3O4S. The lowest BCUT2D eigenvalue weighted by Crippen LogP contribution is -2.54. The van der Waals surface area contributed by atoms with Gasteiger partial charge in [-0.25, -0.2) is 8.42 Å². The van der Waals surface area contributed by atoms with Gasteiger partial charge in [-0.3, -0.25) is 13.9 Å². The number of nitrogens with one attached hydrogen (secondary N) is 1. The highest BCUT2D eigenvalue weighted by Crippen LogP contribution is 2.27. The first-order chi connectivity index (χ1) is 19.6. The van der Waals surface area contributed by atoms with Gasteiger partial charge < -0.3 is 10.2 Å². The summed E-state index contributed by atoms with van der Waals surface area (Å²) in [5.41, 5.74) is 3.67. The highest BCUT2D eigenvalue weighted by atomic mass is 35.5. The summed E-state index contributed by atoms with van der Waals surface area (Å²) in [6.45, 7) is 9.89. The Bertz CT molecular complexity index is 1490. The number of halogens is 1. The molecule has 1 N–H and O–H groups in total. The Balaban J connectivity index is 1.92. The van der Waals surface area contributed by atoms with Crippen molar-refractivity contribution in [2.45, 2.75) is 72.0 Å². The van der Waals surface area contributed by atoms with Crippen molar-refractivity contribution in [3.05, 3.63) is 100 Å². The number of benzene rings is 3. The molecule has 0 radical (unpaired) electrons. The van der Waals surface area contributed by atoms with Crippen LogP contribution < -0.4 is 9.62 Å². The molecule has 0 saturated heterocycles. The third-order valence-corrected chi connectivity index (χ3v) is 8.21. The van der Waals surface area contributed by atoms with Crippen LogP contribution in [0, 0.1) is 13.8 Å². The number of sulfonamides is 1. The molecule has 3 aromatic rings. The fourth-order valence-electron chi connectivity index (χ4n) is 4.85. The predicted octanol–water partition coefficient (Wildman–Crippen LogP) is 6.06. The molecule has 0 aliphatic carbocycles. The van der Waals surface area contributed by atoms with Gasteiger partial charge in [0.1, 0.15) is 6.04 Å². The summed E-state index contributed by atoms with van der Waals surface area (Å²) in [5.74, 6) is -0.461. The van der Waals surface area contributed by atoms with Crippen LogP contribution >= 0.6 is 11.6 Å². The normalized spacial score (nSPS) is 12.5. The van der Waals surface area contributed by atoms with Gasteiger partial charge in [0.25, 0.3) is 0 Å². The number of hydrogen-bond acceptors (Lipinski definition) is 4. The Labute approximate surface area is 255 Å².